The SMILES string of the molecule is O=C(CCC1CCNC1)Nc1ccnn1-c1cccc(Cl)c1. The van der Waals surface area contributed by atoms with Crippen LogP contribution in [0.2, 0.25) is 5.02 Å². The first-order valence-electron chi connectivity index (χ1n) is 7.53. The van der Waals surface area contributed by atoms with Crippen molar-refractivity contribution in [3.63, 3.8) is 0 Å². The molecule has 3 rings (SSSR count). The Bertz CT molecular complexity index is 649. The second-order valence-corrected chi connectivity index (χ2v) is 5.99. The minimum atomic E-state index is 0.0238. The van der Waals surface area contributed by atoms with Crippen LogP contribution in [0.3, 0.4) is 0 Å². The predicted octanol–water partition coefficient (Wildman–Crippen LogP) is 2.85. The molecule has 116 valence electrons. The number of anilines is 1. The Kier molecular flexibility index (Phi) is 4.75. The Hall–Kier alpha value is -1.85. The summed E-state index contributed by atoms with van der Waals surface area (Å²) in [5.41, 5.74) is 0.827. The normalized spacial score (nSPS) is 17.6. The van der Waals surface area contributed by atoms with Crippen molar-refractivity contribution in [2.75, 3.05) is 18.4 Å². The lowest BCUT2D eigenvalue weighted by Crippen LogP contribution is -2.17. The summed E-state index contributed by atoms with van der Waals surface area (Å²) in [6.07, 6.45) is 4.28. The number of amides is 1. The summed E-state index contributed by atoms with van der Waals surface area (Å²) in [6, 6.07) is 9.17. The number of nitrogens with zero attached hydrogens (tertiary/aromatic N) is 2. The highest BCUT2D eigenvalue weighted by molar-refractivity contribution is 6.30. The first-order chi connectivity index (χ1) is 10.7. The lowest BCUT2D eigenvalue weighted by Gasteiger charge is -2.11. The van der Waals surface area contributed by atoms with Gasteiger partial charge in [-0.15, -0.1) is 0 Å². The van der Waals surface area contributed by atoms with Crippen LogP contribution in [0.1, 0.15) is 19.3 Å². The fourth-order valence-corrected chi connectivity index (χ4v) is 2.90. The van der Waals surface area contributed by atoms with E-state index in [-0.39, 0.29) is 5.91 Å². The molecule has 5 nitrogen and oxygen atoms in total. The molecule has 1 atom stereocenters. The third-order valence-electron chi connectivity index (χ3n) is 3.91. The van der Waals surface area contributed by atoms with E-state index in [9.17, 15) is 4.79 Å². The zero-order valence-electron chi connectivity index (χ0n) is 12.3. The first kappa shape index (κ1) is 15.1. The molecular weight excluding hydrogens is 300 g/mol. The topological polar surface area (TPSA) is 59.0 Å². The minimum absolute atomic E-state index is 0.0238. The van der Waals surface area contributed by atoms with Gasteiger partial charge < -0.3 is 10.6 Å². The Morgan fingerprint density at radius 2 is 2.36 bits per heavy atom. The number of carbonyl (C=O) groups is 1. The minimum Gasteiger partial charge on any atom is -0.316 e. The van der Waals surface area contributed by atoms with E-state index in [2.05, 4.69) is 15.7 Å². The number of hydrogen-bond acceptors (Lipinski definition) is 3. The average Bonchev–Trinajstić information content (AvgIpc) is 3.16. The number of hydrogen-bond donors (Lipinski definition) is 2. The van der Waals surface area contributed by atoms with E-state index in [1.54, 1.807) is 16.9 Å². The van der Waals surface area contributed by atoms with Crippen LogP contribution in [0.4, 0.5) is 5.82 Å². The van der Waals surface area contributed by atoms with Gasteiger partial charge in [0.1, 0.15) is 5.82 Å². The van der Waals surface area contributed by atoms with Gasteiger partial charge in [-0.3, -0.25) is 4.79 Å². The molecule has 2 N–H and O–H groups in total. The lowest BCUT2D eigenvalue weighted by atomic mass is 10.0. The van der Waals surface area contributed by atoms with Crippen LogP contribution in [0.25, 0.3) is 5.69 Å². The van der Waals surface area contributed by atoms with E-state index in [1.165, 1.54) is 0 Å². The molecule has 0 radical (unpaired) electrons. The summed E-state index contributed by atoms with van der Waals surface area (Å²) in [5, 5.41) is 11.1. The zero-order chi connectivity index (χ0) is 15.4. The Balaban J connectivity index is 1.63. The molecule has 1 aliphatic rings. The van der Waals surface area contributed by atoms with E-state index >= 15 is 0 Å². The smallest absolute Gasteiger partial charge is 0.225 e. The van der Waals surface area contributed by atoms with Crippen LogP contribution in [-0.2, 0) is 4.79 Å². The van der Waals surface area contributed by atoms with Gasteiger partial charge in [0.05, 0.1) is 11.9 Å². The molecule has 1 unspecified atom stereocenters. The zero-order valence-corrected chi connectivity index (χ0v) is 13.0. The summed E-state index contributed by atoms with van der Waals surface area (Å²) in [6.45, 7) is 2.08. The monoisotopic (exact) mass is 318 g/mol. The molecule has 2 heterocycles. The molecule has 0 bridgehead atoms. The van der Waals surface area contributed by atoms with Gasteiger partial charge in [-0.05, 0) is 50.0 Å². The van der Waals surface area contributed by atoms with Gasteiger partial charge in [-0.25, -0.2) is 4.68 Å². The van der Waals surface area contributed by atoms with E-state index < -0.39 is 0 Å². The van der Waals surface area contributed by atoms with Crippen LogP contribution in [0.5, 0.6) is 0 Å². The van der Waals surface area contributed by atoms with Crippen molar-refractivity contribution in [3.05, 3.63) is 41.6 Å². The molecule has 1 saturated heterocycles. The fraction of sp³-hybridized carbons (Fsp3) is 0.375. The van der Waals surface area contributed by atoms with Gasteiger partial charge in [0.15, 0.2) is 0 Å². The maximum atomic E-state index is 12.1. The highest BCUT2D eigenvalue weighted by Gasteiger charge is 2.16. The summed E-state index contributed by atoms with van der Waals surface area (Å²) < 4.78 is 1.68. The maximum absolute atomic E-state index is 12.1. The van der Waals surface area contributed by atoms with Crippen LogP contribution in [0.15, 0.2) is 36.5 Å². The van der Waals surface area contributed by atoms with Crippen molar-refractivity contribution in [1.82, 2.24) is 15.1 Å². The summed E-state index contributed by atoms with van der Waals surface area (Å²) in [4.78, 5) is 12.1. The largest absolute Gasteiger partial charge is 0.316 e. The molecule has 0 spiro atoms. The summed E-state index contributed by atoms with van der Waals surface area (Å²) in [7, 11) is 0. The standard InChI is InChI=1S/C16H19ClN4O/c17-13-2-1-3-14(10-13)21-15(7-9-19-21)20-16(22)5-4-12-6-8-18-11-12/h1-3,7,9-10,12,18H,4-6,8,11H2,(H,20,22). The molecule has 1 aromatic heterocycles. The van der Waals surface area contributed by atoms with Crippen molar-refractivity contribution in [2.24, 2.45) is 5.92 Å². The highest BCUT2D eigenvalue weighted by atomic mass is 35.5. The molecule has 1 fully saturated rings. The summed E-state index contributed by atoms with van der Waals surface area (Å²) >= 11 is 6.01. The second-order valence-electron chi connectivity index (χ2n) is 5.55. The Morgan fingerprint density at radius 1 is 1.45 bits per heavy atom. The average molecular weight is 319 g/mol. The number of aromatic nitrogens is 2. The van der Waals surface area contributed by atoms with Gasteiger partial charge in [0.2, 0.25) is 5.91 Å². The van der Waals surface area contributed by atoms with E-state index in [4.69, 9.17) is 11.6 Å². The van der Waals surface area contributed by atoms with Crippen LogP contribution >= 0.6 is 11.6 Å². The van der Waals surface area contributed by atoms with E-state index in [1.807, 2.05) is 24.3 Å². The number of nitrogens with one attached hydrogen (secondary N) is 2. The molecule has 1 aliphatic heterocycles. The Morgan fingerprint density at radius 3 is 3.14 bits per heavy atom. The van der Waals surface area contributed by atoms with Crippen molar-refractivity contribution < 1.29 is 4.79 Å². The molecular formula is C16H19ClN4O. The van der Waals surface area contributed by atoms with Crippen molar-refractivity contribution >= 4 is 23.3 Å². The molecule has 0 saturated carbocycles. The van der Waals surface area contributed by atoms with E-state index in [0.29, 0.717) is 23.2 Å². The number of rotatable bonds is 5. The Labute approximate surface area is 134 Å². The van der Waals surface area contributed by atoms with Gasteiger partial charge in [0, 0.05) is 17.5 Å². The second kappa shape index (κ2) is 6.94. The third kappa shape index (κ3) is 3.67. The van der Waals surface area contributed by atoms with Gasteiger partial charge in [-0.1, -0.05) is 17.7 Å². The van der Waals surface area contributed by atoms with Gasteiger partial charge in [0.25, 0.3) is 0 Å². The lowest BCUT2D eigenvalue weighted by molar-refractivity contribution is -0.116. The van der Waals surface area contributed by atoms with Crippen molar-refractivity contribution in [1.29, 1.82) is 0 Å². The molecule has 1 aromatic carbocycles. The van der Waals surface area contributed by atoms with Gasteiger partial charge in [-0.2, -0.15) is 5.10 Å². The number of benzene rings is 1. The van der Waals surface area contributed by atoms with Crippen LogP contribution in [0, 0.1) is 5.92 Å². The third-order valence-corrected chi connectivity index (χ3v) is 4.14. The molecule has 1 amide bonds. The molecule has 6 heteroatoms. The number of halogens is 1. The number of carbonyl (C=O) groups excluding carboxylic acids is 1. The molecule has 22 heavy (non-hydrogen) atoms. The van der Waals surface area contributed by atoms with Gasteiger partial charge >= 0.3 is 0 Å². The predicted molar refractivity (Wildman–Crippen MR) is 87.4 cm³/mol. The molecule has 0 aliphatic carbocycles. The van der Waals surface area contributed by atoms with Crippen LogP contribution in [-0.4, -0.2) is 28.8 Å². The quantitative estimate of drug-likeness (QED) is 0.891. The van der Waals surface area contributed by atoms with Crippen LogP contribution < -0.4 is 10.6 Å². The summed E-state index contributed by atoms with van der Waals surface area (Å²) in [5.74, 6) is 1.30. The van der Waals surface area contributed by atoms with E-state index in [0.717, 1.165) is 31.6 Å². The van der Waals surface area contributed by atoms with Crippen molar-refractivity contribution in [2.45, 2.75) is 19.3 Å². The first-order valence-corrected chi connectivity index (χ1v) is 7.91. The highest BCUT2D eigenvalue weighted by Crippen LogP contribution is 2.19. The molecule has 2 aromatic rings. The maximum Gasteiger partial charge on any atom is 0.225 e. The fourth-order valence-electron chi connectivity index (χ4n) is 2.71. The van der Waals surface area contributed by atoms with Crippen molar-refractivity contribution in [3.8, 4) is 5.69 Å².